The first-order valence-electron chi connectivity index (χ1n) is 17.1. The number of hydrogen-bond acceptors (Lipinski definition) is 10. The molecule has 2 aromatic rings. The van der Waals surface area contributed by atoms with Crippen molar-refractivity contribution in [3.05, 3.63) is 61.7 Å². The Bertz CT molecular complexity index is 1600. The molecule has 1 aromatic heterocycles. The van der Waals surface area contributed by atoms with Gasteiger partial charge in [0.2, 0.25) is 11.8 Å². The highest BCUT2D eigenvalue weighted by Gasteiger charge is 2.46. The van der Waals surface area contributed by atoms with Gasteiger partial charge in [-0.2, -0.15) is 0 Å². The van der Waals surface area contributed by atoms with Crippen LogP contribution >= 0.6 is 34.5 Å². The Morgan fingerprint density at radius 2 is 1.70 bits per heavy atom. The number of aryl methyl sites for hydroxylation is 1. The van der Waals surface area contributed by atoms with Crippen molar-refractivity contribution in [3.63, 3.8) is 0 Å². The Morgan fingerprint density at radius 3 is 2.30 bits per heavy atom. The third kappa shape index (κ3) is 8.93. The molecule has 2 atom stereocenters. The van der Waals surface area contributed by atoms with E-state index in [1.807, 2.05) is 5.38 Å². The first kappa shape index (κ1) is 37.9. The van der Waals surface area contributed by atoms with E-state index in [0.717, 1.165) is 37.2 Å². The average Bonchev–Trinajstić information content (AvgIpc) is 3.64. The van der Waals surface area contributed by atoms with Crippen LogP contribution < -0.4 is 5.32 Å². The summed E-state index contributed by atoms with van der Waals surface area (Å²) in [5, 5.41) is 6.31. The van der Waals surface area contributed by atoms with E-state index < -0.39 is 23.8 Å². The lowest BCUT2D eigenvalue weighted by Crippen LogP contribution is -2.53. The molecule has 2 aliphatic heterocycles. The van der Waals surface area contributed by atoms with E-state index in [1.54, 1.807) is 36.2 Å². The van der Waals surface area contributed by atoms with E-state index in [0.29, 0.717) is 56.8 Å². The van der Waals surface area contributed by atoms with Crippen molar-refractivity contribution in [3.8, 4) is 0 Å². The molecule has 50 heavy (non-hydrogen) atoms. The van der Waals surface area contributed by atoms with E-state index in [9.17, 15) is 19.2 Å². The second kappa shape index (κ2) is 17.3. The van der Waals surface area contributed by atoms with Gasteiger partial charge in [-0.25, -0.2) is 9.78 Å². The highest BCUT2D eigenvalue weighted by Crippen LogP contribution is 2.46. The van der Waals surface area contributed by atoms with Gasteiger partial charge in [-0.15, -0.1) is 11.3 Å². The number of amides is 2. The van der Waals surface area contributed by atoms with Gasteiger partial charge in [0.25, 0.3) is 0 Å². The average molecular weight is 747 g/mol. The zero-order valence-corrected chi connectivity index (χ0v) is 31.2. The van der Waals surface area contributed by atoms with Crippen LogP contribution in [0, 0.1) is 11.3 Å². The molecule has 11 nitrogen and oxygen atoms in total. The van der Waals surface area contributed by atoms with Crippen molar-refractivity contribution in [2.24, 2.45) is 16.3 Å². The highest BCUT2D eigenvalue weighted by molar-refractivity contribution is 7.09. The molecule has 1 saturated heterocycles. The molecule has 3 aliphatic rings. The highest BCUT2D eigenvalue weighted by atomic mass is 35.5. The predicted octanol–water partition coefficient (Wildman–Crippen LogP) is 5.46. The Labute approximate surface area is 307 Å². The van der Waals surface area contributed by atoms with Crippen LogP contribution in [0.15, 0.2) is 46.0 Å². The van der Waals surface area contributed by atoms with Crippen molar-refractivity contribution in [2.45, 2.75) is 64.2 Å². The molecule has 14 heteroatoms. The van der Waals surface area contributed by atoms with Crippen LogP contribution in [0.5, 0.6) is 0 Å². The zero-order chi connectivity index (χ0) is 35.8. The van der Waals surface area contributed by atoms with Gasteiger partial charge < -0.3 is 19.7 Å². The van der Waals surface area contributed by atoms with Gasteiger partial charge in [-0.1, -0.05) is 48.5 Å². The Hall–Kier alpha value is -3.32. The minimum atomic E-state index is -1.04. The first-order valence-corrected chi connectivity index (χ1v) is 18.7. The number of nitrogens with one attached hydrogen (secondary N) is 1. The Kier molecular flexibility index (Phi) is 13.1. The Morgan fingerprint density at radius 1 is 1.00 bits per heavy atom. The number of nitrogens with zero attached hydrogens (tertiary/aromatic N) is 4. The predicted molar refractivity (Wildman–Crippen MR) is 193 cm³/mol. The molecule has 2 fully saturated rings. The lowest BCUT2D eigenvalue weighted by molar-refractivity contribution is -0.143. The SMILES string of the molecule is COC(=O)C1=C(CC(=O)N2CCN(CC3(CNC(C)=O)CCCCC3)CC2)N=C(CCc2nccs2)C(C(=O)OC)C1c1c(Cl)cccc1Cl. The lowest BCUT2D eigenvalue weighted by atomic mass is 9.73. The van der Waals surface area contributed by atoms with Crippen molar-refractivity contribution in [1.29, 1.82) is 0 Å². The number of esters is 2. The molecule has 1 aliphatic carbocycles. The maximum atomic E-state index is 14.0. The molecule has 1 saturated carbocycles. The van der Waals surface area contributed by atoms with Gasteiger partial charge in [0.1, 0.15) is 5.92 Å². The van der Waals surface area contributed by atoms with Gasteiger partial charge >= 0.3 is 11.9 Å². The third-order valence-corrected chi connectivity index (χ3v) is 11.6. The molecule has 0 spiro atoms. The number of rotatable bonds is 12. The van der Waals surface area contributed by atoms with E-state index in [4.69, 9.17) is 37.7 Å². The zero-order valence-electron chi connectivity index (χ0n) is 28.8. The summed E-state index contributed by atoms with van der Waals surface area (Å²) in [4.78, 5) is 66.4. The van der Waals surface area contributed by atoms with Gasteiger partial charge in [-0.3, -0.25) is 24.3 Å². The van der Waals surface area contributed by atoms with Gasteiger partial charge in [-0.05, 0) is 37.0 Å². The van der Waals surface area contributed by atoms with E-state index in [1.165, 1.54) is 32.0 Å². The summed E-state index contributed by atoms with van der Waals surface area (Å²) in [6.45, 7) is 5.51. The second-order valence-electron chi connectivity index (χ2n) is 13.3. The monoisotopic (exact) mass is 745 g/mol. The van der Waals surface area contributed by atoms with Crippen LogP contribution in [0.2, 0.25) is 10.0 Å². The van der Waals surface area contributed by atoms with Crippen LogP contribution in [0.4, 0.5) is 0 Å². The molecule has 0 radical (unpaired) electrons. The number of piperazine rings is 1. The number of aromatic nitrogens is 1. The molecule has 3 heterocycles. The first-order chi connectivity index (χ1) is 24.1. The summed E-state index contributed by atoms with van der Waals surface area (Å²) < 4.78 is 10.5. The van der Waals surface area contributed by atoms with Crippen molar-refractivity contribution >= 4 is 64.0 Å². The minimum absolute atomic E-state index is 0.0142. The third-order valence-electron chi connectivity index (χ3n) is 10.1. The number of hydrogen-bond donors (Lipinski definition) is 1. The van der Waals surface area contributed by atoms with Crippen LogP contribution in [0.25, 0.3) is 0 Å². The number of benzene rings is 1. The fourth-order valence-corrected chi connectivity index (χ4v) is 8.81. The molecular weight excluding hydrogens is 701 g/mol. The molecular formula is C36H45Cl2N5O6S. The normalized spacial score (nSPS) is 21.0. The summed E-state index contributed by atoms with van der Waals surface area (Å²) in [5.41, 5.74) is 1.12. The maximum Gasteiger partial charge on any atom is 0.336 e. The number of methoxy groups -OCH3 is 2. The quantitative estimate of drug-likeness (QED) is 0.284. The van der Waals surface area contributed by atoms with Crippen molar-refractivity contribution in [1.82, 2.24) is 20.1 Å². The molecule has 2 unspecified atom stereocenters. The fraction of sp³-hybridized carbons (Fsp3) is 0.556. The summed E-state index contributed by atoms with van der Waals surface area (Å²) >= 11 is 15.0. The molecule has 2 amide bonds. The van der Waals surface area contributed by atoms with Crippen molar-refractivity contribution < 1.29 is 28.7 Å². The molecule has 5 rings (SSSR count). The van der Waals surface area contributed by atoms with Crippen molar-refractivity contribution in [2.75, 3.05) is 53.5 Å². The summed E-state index contributed by atoms with van der Waals surface area (Å²) in [6, 6.07) is 4.97. The van der Waals surface area contributed by atoms with Gasteiger partial charge in [0, 0.05) is 91.3 Å². The van der Waals surface area contributed by atoms with Gasteiger partial charge in [0.05, 0.1) is 36.9 Å². The summed E-state index contributed by atoms with van der Waals surface area (Å²) in [5.74, 6) is -3.59. The number of thiazole rings is 1. The number of carbonyl (C=O) groups is 4. The molecule has 1 N–H and O–H groups in total. The molecule has 0 bridgehead atoms. The number of aliphatic imine (C=N–C) groups is 1. The number of carbonyl (C=O) groups excluding carboxylic acids is 4. The van der Waals surface area contributed by atoms with Crippen LogP contribution in [-0.2, 0) is 35.1 Å². The Balaban J connectivity index is 1.43. The van der Waals surface area contributed by atoms with Crippen LogP contribution in [0.1, 0.15) is 68.4 Å². The molecule has 270 valence electrons. The largest absolute Gasteiger partial charge is 0.468 e. The smallest absolute Gasteiger partial charge is 0.336 e. The van der Waals surface area contributed by atoms with Crippen LogP contribution in [-0.4, -0.2) is 97.7 Å². The lowest BCUT2D eigenvalue weighted by Gasteiger charge is -2.44. The van der Waals surface area contributed by atoms with E-state index in [-0.39, 0.29) is 45.0 Å². The topological polar surface area (TPSA) is 130 Å². The molecule has 1 aromatic carbocycles. The van der Waals surface area contributed by atoms with E-state index >= 15 is 0 Å². The fourth-order valence-electron chi connectivity index (χ4n) is 7.56. The van der Waals surface area contributed by atoms with Crippen LogP contribution in [0.3, 0.4) is 0 Å². The number of ether oxygens (including phenoxy) is 2. The summed E-state index contributed by atoms with van der Waals surface area (Å²) in [7, 11) is 2.53. The van der Waals surface area contributed by atoms with E-state index in [2.05, 4.69) is 15.2 Å². The summed E-state index contributed by atoms with van der Waals surface area (Å²) in [6.07, 6.45) is 8.02. The second-order valence-corrected chi connectivity index (χ2v) is 15.1. The van der Waals surface area contributed by atoms with Gasteiger partial charge in [0.15, 0.2) is 0 Å². The number of halogens is 2. The minimum Gasteiger partial charge on any atom is -0.468 e. The maximum absolute atomic E-state index is 14.0. The standard InChI is InChI=1S/C36H45Cl2N5O6S/c1-23(44)40-21-36(12-5-4-6-13-36)22-42-15-17-43(18-16-42)29(45)20-27-32(35(47)49-3)33(30-24(37)8-7-9-25(30)38)31(34(46)48-2)26(41-27)10-11-28-39-14-19-50-28/h7-9,14,19,31,33H,4-6,10-13,15-18,20-22H2,1-3H3,(H,40,44).